The quantitative estimate of drug-likeness (QED) is 0.598. The largest absolute Gasteiger partial charge is 0.490 e. The number of ketones is 1. The van der Waals surface area contributed by atoms with Crippen molar-refractivity contribution in [2.75, 3.05) is 19.8 Å². The summed E-state index contributed by atoms with van der Waals surface area (Å²) in [4.78, 5) is 26.6. The molecule has 6 heteroatoms. The Kier molecular flexibility index (Phi) is 5.80. The SMILES string of the molecule is CCOc1ccc(C(=O)OCC(=O)c2ccc[nH]2)cc1OCC. The second-order valence-electron chi connectivity index (χ2n) is 4.61. The molecule has 0 atom stereocenters. The summed E-state index contributed by atoms with van der Waals surface area (Å²) in [6.07, 6.45) is 1.63. The normalized spacial score (nSPS) is 10.2. The molecule has 0 bridgehead atoms. The van der Waals surface area contributed by atoms with E-state index < -0.39 is 5.97 Å². The predicted molar refractivity (Wildman–Crippen MR) is 84.2 cm³/mol. The topological polar surface area (TPSA) is 77.6 Å². The smallest absolute Gasteiger partial charge is 0.338 e. The van der Waals surface area contributed by atoms with E-state index in [2.05, 4.69) is 4.98 Å². The van der Waals surface area contributed by atoms with Crippen LogP contribution >= 0.6 is 0 Å². The van der Waals surface area contributed by atoms with Crippen LogP contribution in [0.3, 0.4) is 0 Å². The fourth-order valence-corrected chi connectivity index (χ4v) is 1.97. The molecule has 0 saturated heterocycles. The maximum atomic E-state index is 12.1. The van der Waals surface area contributed by atoms with Crippen LogP contribution in [0.15, 0.2) is 36.5 Å². The number of carbonyl (C=O) groups is 2. The third-order valence-electron chi connectivity index (χ3n) is 3.01. The van der Waals surface area contributed by atoms with Crippen molar-refractivity contribution < 1.29 is 23.8 Å². The number of aromatic amines is 1. The minimum Gasteiger partial charge on any atom is -0.490 e. The fourth-order valence-electron chi connectivity index (χ4n) is 1.97. The van der Waals surface area contributed by atoms with E-state index in [0.29, 0.717) is 36.0 Å². The lowest BCUT2D eigenvalue weighted by Crippen LogP contribution is -2.14. The van der Waals surface area contributed by atoms with Crippen molar-refractivity contribution in [2.24, 2.45) is 0 Å². The number of ether oxygens (including phenoxy) is 3. The van der Waals surface area contributed by atoms with Gasteiger partial charge in [-0.3, -0.25) is 4.79 Å². The fraction of sp³-hybridized carbons (Fsp3) is 0.294. The highest BCUT2D eigenvalue weighted by Crippen LogP contribution is 2.28. The second-order valence-corrected chi connectivity index (χ2v) is 4.61. The average Bonchev–Trinajstić information content (AvgIpc) is 3.09. The molecule has 0 aliphatic rings. The number of aromatic nitrogens is 1. The molecule has 1 N–H and O–H groups in total. The van der Waals surface area contributed by atoms with E-state index in [4.69, 9.17) is 14.2 Å². The summed E-state index contributed by atoms with van der Waals surface area (Å²) in [5, 5.41) is 0. The molecule has 0 amide bonds. The van der Waals surface area contributed by atoms with Crippen molar-refractivity contribution in [1.82, 2.24) is 4.98 Å². The molecule has 0 radical (unpaired) electrons. The van der Waals surface area contributed by atoms with Crippen molar-refractivity contribution in [3.63, 3.8) is 0 Å². The number of H-pyrrole nitrogens is 1. The number of nitrogens with one attached hydrogen (secondary N) is 1. The van der Waals surface area contributed by atoms with Crippen molar-refractivity contribution in [1.29, 1.82) is 0 Å². The Morgan fingerprint density at radius 2 is 1.78 bits per heavy atom. The van der Waals surface area contributed by atoms with Crippen LogP contribution in [0.5, 0.6) is 11.5 Å². The zero-order chi connectivity index (χ0) is 16.7. The molecule has 6 nitrogen and oxygen atoms in total. The molecule has 23 heavy (non-hydrogen) atoms. The molecule has 0 saturated carbocycles. The number of Topliss-reactive ketones (excluding diaryl/α,β-unsaturated/α-hetero) is 1. The minimum atomic E-state index is -0.589. The molecule has 2 rings (SSSR count). The Balaban J connectivity index is 2.03. The molecule has 122 valence electrons. The van der Waals surface area contributed by atoms with Crippen molar-refractivity contribution >= 4 is 11.8 Å². The first-order valence-electron chi connectivity index (χ1n) is 7.39. The van der Waals surface area contributed by atoms with Gasteiger partial charge in [-0.2, -0.15) is 0 Å². The van der Waals surface area contributed by atoms with E-state index in [1.54, 1.807) is 36.5 Å². The Labute approximate surface area is 134 Å². The molecule has 2 aromatic rings. The van der Waals surface area contributed by atoms with Gasteiger partial charge in [0, 0.05) is 6.20 Å². The van der Waals surface area contributed by atoms with Gasteiger partial charge in [0.2, 0.25) is 5.78 Å². The molecular formula is C17H19NO5. The van der Waals surface area contributed by atoms with Crippen LogP contribution in [0.4, 0.5) is 0 Å². The van der Waals surface area contributed by atoms with Gasteiger partial charge in [-0.25, -0.2) is 4.79 Å². The monoisotopic (exact) mass is 317 g/mol. The summed E-state index contributed by atoms with van der Waals surface area (Å²) in [7, 11) is 0. The summed E-state index contributed by atoms with van der Waals surface area (Å²) in [6, 6.07) is 8.11. The van der Waals surface area contributed by atoms with E-state index in [1.807, 2.05) is 13.8 Å². The highest BCUT2D eigenvalue weighted by molar-refractivity contribution is 5.98. The number of benzene rings is 1. The Bertz CT molecular complexity index is 664. The summed E-state index contributed by atoms with van der Waals surface area (Å²) < 4.78 is 15.9. The van der Waals surface area contributed by atoms with E-state index in [1.165, 1.54) is 0 Å². The summed E-state index contributed by atoms with van der Waals surface area (Å²) >= 11 is 0. The third-order valence-corrected chi connectivity index (χ3v) is 3.01. The first-order chi connectivity index (χ1) is 11.2. The first kappa shape index (κ1) is 16.6. The highest BCUT2D eigenvalue weighted by Gasteiger charge is 2.15. The standard InChI is InChI=1S/C17H19NO5/c1-3-21-15-8-7-12(10-16(15)22-4-2)17(20)23-11-14(19)13-6-5-9-18-13/h5-10,18H,3-4,11H2,1-2H3. The van der Waals surface area contributed by atoms with Crippen molar-refractivity contribution in [3.05, 3.63) is 47.8 Å². The lowest BCUT2D eigenvalue weighted by atomic mass is 10.2. The van der Waals surface area contributed by atoms with Crippen molar-refractivity contribution in [2.45, 2.75) is 13.8 Å². The van der Waals surface area contributed by atoms with E-state index in [-0.39, 0.29) is 12.4 Å². The highest BCUT2D eigenvalue weighted by atomic mass is 16.5. The van der Waals surface area contributed by atoms with Gasteiger partial charge in [-0.1, -0.05) is 0 Å². The van der Waals surface area contributed by atoms with Gasteiger partial charge in [-0.05, 0) is 44.2 Å². The Morgan fingerprint density at radius 3 is 2.43 bits per heavy atom. The molecule has 0 unspecified atom stereocenters. The number of carbonyl (C=O) groups excluding carboxylic acids is 2. The molecule has 0 aliphatic carbocycles. The summed E-state index contributed by atoms with van der Waals surface area (Å²) in [5.74, 6) is 0.154. The summed E-state index contributed by atoms with van der Waals surface area (Å²) in [6.45, 7) is 4.33. The van der Waals surface area contributed by atoms with Gasteiger partial charge in [0.25, 0.3) is 0 Å². The van der Waals surface area contributed by atoms with Crippen LogP contribution in [0.2, 0.25) is 0 Å². The Hall–Kier alpha value is -2.76. The number of rotatable bonds is 8. The number of hydrogen-bond acceptors (Lipinski definition) is 5. The molecule has 0 spiro atoms. The molecule has 0 fully saturated rings. The second kappa shape index (κ2) is 8.03. The van der Waals surface area contributed by atoms with Gasteiger partial charge in [0.15, 0.2) is 18.1 Å². The molecule has 1 aromatic carbocycles. The van der Waals surface area contributed by atoms with Crippen LogP contribution in [0, 0.1) is 0 Å². The van der Waals surface area contributed by atoms with Gasteiger partial charge >= 0.3 is 5.97 Å². The number of esters is 1. The average molecular weight is 317 g/mol. The van der Waals surface area contributed by atoms with Crippen LogP contribution in [0.25, 0.3) is 0 Å². The van der Waals surface area contributed by atoms with Crippen LogP contribution in [-0.2, 0) is 4.74 Å². The third kappa shape index (κ3) is 4.35. The predicted octanol–water partition coefficient (Wildman–Crippen LogP) is 2.85. The molecule has 0 aliphatic heterocycles. The summed E-state index contributed by atoms with van der Waals surface area (Å²) in [5.41, 5.74) is 0.704. The maximum absolute atomic E-state index is 12.1. The van der Waals surface area contributed by atoms with Gasteiger partial charge in [0.05, 0.1) is 24.5 Å². The van der Waals surface area contributed by atoms with Crippen LogP contribution in [-0.4, -0.2) is 36.6 Å². The van der Waals surface area contributed by atoms with E-state index in [0.717, 1.165) is 0 Å². The zero-order valence-corrected chi connectivity index (χ0v) is 13.1. The van der Waals surface area contributed by atoms with Gasteiger partial charge in [-0.15, -0.1) is 0 Å². The lowest BCUT2D eigenvalue weighted by Gasteiger charge is -2.12. The van der Waals surface area contributed by atoms with E-state index in [9.17, 15) is 9.59 Å². The van der Waals surface area contributed by atoms with Gasteiger partial charge in [0.1, 0.15) is 0 Å². The van der Waals surface area contributed by atoms with Crippen molar-refractivity contribution in [3.8, 4) is 11.5 Å². The first-order valence-corrected chi connectivity index (χ1v) is 7.39. The maximum Gasteiger partial charge on any atom is 0.338 e. The van der Waals surface area contributed by atoms with E-state index >= 15 is 0 Å². The minimum absolute atomic E-state index is 0.292. The van der Waals surface area contributed by atoms with Crippen LogP contribution < -0.4 is 9.47 Å². The molecular weight excluding hydrogens is 298 g/mol. The van der Waals surface area contributed by atoms with Crippen LogP contribution in [0.1, 0.15) is 34.7 Å². The lowest BCUT2D eigenvalue weighted by molar-refractivity contribution is 0.0473. The zero-order valence-electron chi connectivity index (χ0n) is 13.1. The molecule has 1 heterocycles. The van der Waals surface area contributed by atoms with Gasteiger partial charge < -0.3 is 19.2 Å². The Morgan fingerprint density at radius 1 is 1.04 bits per heavy atom. The number of hydrogen-bond donors (Lipinski definition) is 1. The molecule has 1 aromatic heterocycles.